The molecule has 0 saturated heterocycles. The summed E-state index contributed by atoms with van der Waals surface area (Å²) in [6.07, 6.45) is 1.49. The molecule has 1 amide bonds. The summed E-state index contributed by atoms with van der Waals surface area (Å²) >= 11 is 3.35. The van der Waals surface area contributed by atoms with Gasteiger partial charge in [-0.3, -0.25) is 9.59 Å². The topological polar surface area (TPSA) is 64.6 Å². The van der Waals surface area contributed by atoms with Crippen LogP contribution in [0.15, 0.2) is 59.1 Å². The van der Waals surface area contributed by atoms with Gasteiger partial charge in [-0.1, -0.05) is 46.3 Å². The number of carbonyl (C=O) groups is 2. The van der Waals surface area contributed by atoms with Gasteiger partial charge in [0.05, 0.1) is 6.61 Å². The van der Waals surface area contributed by atoms with Crippen molar-refractivity contribution in [3.63, 3.8) is 0 Å². The van der Waals surface area contributed by atoms with Gasteiger partial charge < -0.3 is 14.8 Å². The van der Waals surface area contributed by atoms with Gasteiger partial charge in [-0.05, 0) is 42.7 Å². The Balaban J connectivity index is 1.51. The summed E-state index contributed by atoms with van der Waals surface area (Å²) in [6, 6.07) is 17.3. The maximum atomic E-state index is 11.7. The second-order valence-corrected chi connectivity index (χ2v) is 6.57. The molecule has 0 atom stereocenters. The van der Waals surface area contributed by atoms with Crippen molar-refractivity contribution in [3.8, 4) is 5.75 Å². The molecule has 0 aliphatic rings. The van der Waals surface area contributed by atoms with Crippen molar-refractivity contribution in [2.24, 2.45) is 0 Å². The highest BCUT2D eigenvalue weighted by Crippen LogP contribution is 2.16. The molecule has 0 heterocycles. The lowest BCUT2D eigenvalue weighted by molar-refractivity contribution is -0.148. The highest BCUT2D eigenvalue weighted by atomic mass is 79.9. The van der Waals surface area contributed by atoms with E-state index in [0.717, 1.165) is 22.2 Å². The minimum Gasteiger partial charge on any atom is -0.494 e. The first kappa shape index (κ1) is 20.0. The van der Waals surface area contributed by atoms with Crippen molar-refractivity contribution in [2.75, 3.05) is 19.8 Å². The van der Waals surface area contributed by atoms with Crippen LogP contribution in [0, 0.1) is 0 Å². The van der Waals surface area contributed by atoms with Crippen molar-refractivity contribution >= 4 is 27.8 Å². The number of halogens is 1. The molecule has 6 heteroatoms. The predicted molar refractivity (Wildman–Crippen MR) is 103 cm³/mol. The molecule has 2 aromatic rings. The lowest BCUT2D eigenvalue weighted by atomic mass is 10.1. The Bertz CT molecular complexity index is 689. The third-order valence-electron chi connectivity index (χ3n) is 3.55. The molecule has 0 aromatic heterocycles. The smallest absolute Gasteiger partial charge is 0.306 e. The Morgan fingerprint density at radius 1 is 1.00 bits per heavy atom. The van der Waals surface area contributed by atoms with E-state index in [1.807, 2.05) is 54.6 Å². The van der Waals surface area contributed by atoms with Crippen LogP contribution in [-0.4, -0.2) is 31.6 Å². The molecule has 2 aromatic carbocycles. The minimum atomic E-state index is -0.400. The Labute approximate surface area is 161 Å². The molecule has 1 N–H and O–H groups in total. The summed E-state index contributed by atoms with van der Waals surface area (Å²) in [7, 11) is 0. The van der Waals surface area contributed by atoms with E-state index in [1.54, 1.807) is 0 Å². The monoisotopic (exact) mass is 419 g/mol. The number of nitrogens with one attached hydrogen (secondary N) is 1. The standard InChI is InChI=1S/C20H22BrNO4/c21-17-8-10-18(11-9-17)25-14-4-7-20(24)26-15-19(23)22-13-12-16-5-2-1-3-6-16/h1-3,5-6,8-11H,4,7,12-15H2,(H,22,23). The highest BCUT2D eigenvalue weighted by Gasteiger charge is 2.07. The van der Waals surface area contributed by atoms with Gasteiger partial charge in [0.1, 0.15) is 5.75 Å². The number of hydrogen-bond acceptors (Lipinski definition) is 4. The number of benzene rings is 2. The Morgan fingerprint density at radius 2 is 1.73 bits per heavy atom. The van der Waals surface area contributed by atoms with Crippen LogP contribution in [0.1, 0.15) is 18.4 Å². The largest absolute Gasteiger partial charge is 0.494 e. The van der Waals surface area contributed by atoms with E-state index in [9.17, 15) is 9.59 Å². The number of ether oxygens (including phenoxy) is 2. The molecular weight excluding hydrogens is 398 g/mol. The van der Waals surface area contributed by atoms with Gasteiger partial charge in [-0.15, -0.1) is 0 Å². The molecule has 0 aliphatic carbocycles. The van der Waals surface area contributed by atoms with Crippen LogP contribution in [-0.2, 0) is 20.7 Å². The zero-order chi connectivity index (χ0) is 18.6. The van der Waals surface area contributed by atoms with E-state index in [1.165, 1.54) is 0 Å². The third-order valence-corrected chi connectivity index (χ3v) is 4.08. The quantitative estimate of drug-likeness (QED) is 0.472. The molecular formula is C20H22BrNO4. The summed E-state index contributed by atoms with van der Waals surface area (Å²) in [4.78, 5) is 23.3. The van der Waals surface area contributed by atoms with E-state index < -0.39 is 5.97 Å². The third kappa shape index (κ3) is 8.16. The molecule has 138 valence electrons. The molecule has 0 aliphatic heterocycles. The Kier molecular flexibility index (Phi) is 8.69. The molecule has 2 rings (SSSR count). The first-order valence-corrected chi connectivity index (χ1v) is 9.27. The fourth-order valence-corrected chi connectivity index (χ4v) is 2.46. The number of amides is 1. The van der Waals surface area contributed by atoms with E-state index in [4.69, 9.17) is 9.47 Å². The van der Waals surface area contributed by atoms with Crippen LogP contribution in [0.4, 0.5) is 0 Å². The van der Waals surface area contributed by atoms with Crippen molar-refractivity contribution < 1.29 is 19.1 Å². The molecule has 0 spiro atoms. The summed E-state index contributed by atoms with van der Waals surface area (Å²) < 4.78 is 11.5. The van der Waals surface area contributed by atoms with Crippen LogP contribution < -0.4 is 10.1 Å². The molecule has 26 heavy (non-hydrogen) atoms. The molecule has 5 nitrogen and oxygen atoms in total. The normalized spacial score (nSPS) is 10.2. The minimum absolute atomic E-state index is 0.216. The van der Waals surface area contributed by atoms with Crippen molar-refractivity contribution in [3.05, 3.63) is 64.6 Å². The fourth-order valence-electron chi connectivity index (χ4n) is 2.20. The van der Waals surface area contributed by atoms with Crippen LogP contribution in [0.3, 0.4) is 0 Å². The summed E-state index contributed by atoms with van der Waals surface area (Å²) in [5.41, 5.74) is 1.15. The van der Waals surface area contributed by atoms with Gasteiger partial charge in [0.2, 0.25) is 0 Å². The summed E-state index contributed by atoms with van der Waals surface area (Å²) in [6.45, 7) is 0.683. The zero-order valence-corrected chi connectivity index (χ0v) is 16.0. The van der Waals surface area contributed by atoms with Gasteiger partial charge in [0.15, 0.2) is 6.61 Å². The number of hydrogen-bond donors (Lipinski definition) is 1. The van der Waals surface area contributed by atoms with E-state index in [2.05, 4.69) is 21.2 Å². The number of rotatable bonds is 10. The number of carbonyl (C=O) groups excluding carboxylic acids is 2. The summed E-state index contributed by atoms with van der Waals surface area (Å²) in [5.74, 6) is 0.0578. The van der Waals surface area contributed by atoms with Crippen LogP contribution in [0.2, 0.25) is 0 Å². The first-order chi connectivity index (χ1) is 12.6. The second kappa shape index (κ2) is 11.3. The lowest BCUT2D eigenvalue weighted by Crippen LogP contribution is -2.30. The van der Waals surface area contributed by atoms with Gasteiger partial charge in [-0.25, -0.2) is 0 Å². The first-order valence-electron chi connectivity index (χ1n) is 8.48. The van der Waals surface area contributed by atoms with Crippen molar-refractivity contribution in [1.29, 1.82) is 0 Å². The maximum Gasteiger partial charge on any atom is 0.306 e. The SMILES string of the molecule is O=C(COC(=O)CCCOc1ccc(Br)cc1)NCCc1ccccc1. The Morgan fingerprint density at radius 3 is 2.46 bits per heavy atom. The molecule has 0 unspecified atom stereocenters. The molecule has 0 bridgehead atoms. The van der Waals surface area contributed by atoms with Gasteiger partial charge in [-0.2, -0.15) is 0 Å². The van der Waals surface area contributed by atoms with E-state index in [0.29, 0.717) is 19.6 Å². The molecule has 0 fully saturated rings. The van der Waals surface area contributed by atoms with E-state index >= 15 is 0 Å². The van der Waals surface area contributed by atoms with Crippen LogP contribution in [0.5, 0.6) is 5.75 Å². The van der Waals surface area contributed by atoms with E-state index in [-0.39, 0.29) is 18.9 Å². The molecule has 0 saturated carbocycles. The van der Waals surface area contributed by atoms with Crippen molar-refractivity contribution in [1.82, 2.24) is 5.32 Å². The fraction of sp³-hybridized carbons (Fsp3) is 0.300. The average Bonchev–Trinajstić information content (AvgIpc) is 2.66. The van der Waals surface area contributed by atoms with Gasteiger partial charge in [0.25, 0.3) is 5.91 Å². The highest BCUT2D eigenvalue weighted by molar-refractivity contribution is 9.10. The maximum absolute atomic E-state index is 11.7. The summed E-state index contributed by atoms with van der Waals surface area (Å²) in [5, 5.41) is 2.74. The van der Waals surface area contributed by atoms with Crippen molar-refractivity contribution in [2.45, 2.75) is 19.3 Å². The second-order valence-electron chi connectivity index (χ2n) is 5.65. The number of esters is 1. The van der Waals surface area contributed by atoms with Gasteiger partial charge in [0, 0.05) is 17.4 Å². The predicted octanol–water partition coefficient (Wildman–Crippen LogP) is 3.51. The van der Waals surface area contributed by atoms with Gasteiger partial charge >= 0.3 is 5.97 Å². The Hall–Kier alpha value is -2.34. The van der Waals surface area contributed by atoms with Crippen LogP contribution >= 0.6 is 15.9 Å². The molecule has 0 radical (unpaired) electrons. The zero-order valence-electron chi connectivity index (χ0n) is 14.4. The average molecular weight is 420 g/mol. The lowest BCUT2D eigenvalue weighted by Gasteiger charge is -2.08. The van der Waals surface area contributed by atoms with Crippen LogP contribution in [0.25, 0.3) is 0 Å².